The van der Waals surface area contributed by atoms with Gasteiger partial charge in [0, 0.05) is 18.1 Å². The minimum absolute atomic E-state index is 0.713. The molecule has 1 N–H and O–H groups in total. The summed E-state index contributed by atoms with van der Waals surface area (Å²) in [6.45, 7) is 11.8. The molecule has 0 radical (unpaired) electrons. The maximum absolute atomic E-state index is 3.96. The van der Waals surface area contributed by atoms with E-state index in [1.165, 1.54) is 64.5 Å². The fraction of sp³-hybridized carbons (Fsp3) is 1.00. The van der Waals surface area contributed by atoms with Crippen LogP contribution in [0.1, 0.15) is 79.1 Å². The smallest absolute Gasteiger partial charge is 0.00823 e. The summed E-state index contributed by atoms with van der Waals surface area (Å²) < 4.78 is 0. The van der Waals surface area contributed by atoms with Crippen molar-refractivity contribution in [2.24, 2.45) is 0 Å². The number of hydrogen-bond acceptors (Lipinski definition) is 2. The Morgan fingerprint density at radius 1 is 1.05 bits per heavy atom. The third-order valence-corrected chi connectivity index (χ3v) is 4.51. The van der Waals surface area contributed by atoms with Gasteiger partial charge in [-0.25, -0.2) is 0 Å². The summed E-state index contributed by atoms with van der Waals surface area (Å²) in [4.78, 5) is 2.64. The molecule has 0 aromatic rings. The van der Waals surface area contributed by atoms with E-state index >= 15 is 0 Å². The van der Waals surface area contributed by atoms with Crippen molar-refractivity contribution >= 4 is 0 Å². The van der Waals surface area contributed by atoms with Crippen molar-refractivity contribution in [1.29, 1.82) is 0 Å². The zero-order chi connectivity index (χ0) is 14.1. The van der Waals surface area contributed by atoms with Gasteiger partial charge in [0.1, 0.15) is 0 Å². The van der Waals surface area contributed by atoms with Crippen molar-refractivity contribution in [3.8, 4) is 0 Å². The molecule has 0 spiro atoms. The van der Waals surface area contributed by atoms with Crippen LogP contribution in [-0.4, -0.2) is 36.1 Å². The number of likely N-dealkylation sites (tertiary alicyclic amines) is 1. The van der Waals surface area contributed by atoms with Gasteiger partial charge in [0.15, 0.2) is 0 Å². The SMILES string of the molecule is CCCCC(CCC)NC1CCCN(C(C)C)CC1. The maximum Gasteiger partial charge on any atom is 0.00823 e. The Morgan fingerprint density at radius 3 is 2.47 bits per heavy atom. The fourth-order valence-electron chi connectivity index (χ4n) is 3.24. The van der Waals surface area contributed by atoms with E-state index in [4.69, 9.17) is 0 Å². The van der Waals surface area contributed by atoms with E-state index in [1.54, 1.807) is 0 Å². The minimum Gasteiger partial charge on any atom is -0.311 e. The first kappa shape index (κ1) is 17.0. The predicted octanol–water partition coefficient (Wildman–Crippen LogP) is 4.20. The highest BCUT2D eigenvalue weighted by Crippen LogP contribution is 2.16. The molecule has 0 amide bonds. The average molecular weight is 268 g/mol. The lowest BCUT2D eigenvalue weighted by Gasteiger charge is -2.26. The molecule has 0 aliphatic carbocycles. The van der Waals surface area contributed by atoms with Gasteiger partial charge in [0.25, 0.3) is 0 Å². The Morgan fingerprint density at radius 2 is 1.84 bits per heavy atom. The maximum atomic E-state index is 3.96. The van der Waals surface area contributed by atoms with Crippen molar-refractivity contribution in [2.75, 3.05) is 13.1 Å². The highest BCUT2D eigenvalue weighted by molar-refractivity contribution is 4.79. The van der Waals surface area contributed by atoms with Crippen molar-refractivity contribution in [2.45, 2.75) is 97.2 Å². The molecule has 19 heavy (non-hydrogen) atoms. The van der Waals surface area contributed by atoms with Crippen LogP contribution in [0.4, 0.5) is 0 Å². The van der Waals surface area contributed by atoms with E-state index in [2.05, 4.69) is 37.9 Å². The Hall–Kier alpha value is -0.0800. The third kappa shape index (κ3) is 6.76. The van der Waals surface area contributed by atoms with E-state index < -0.39 is 0 Å². The molecule has 1 saturated heterocycles. The molecule has 0 bridgehead atoms. The quantitative estimate of drug-likeness (QED) is 0.710. The van der Waals surface area contributed by atoms with Gasteiger partial charge in [0.2, 0.25) is 0 Å². The predicted molar refractivity (Wildman–Crippen MR) is 85.7 cm³/mol. The molecule has 1 heterocycles. The van der Waals surface area contributed by atoms with Crippen LogP contribution in [0.5, 0.6) is 0 Å². The first-order valence-electron chi connectivity index (χ1n) is 8.67. The minimum atomic E-state index is 0.713. The second-order valence-corrected chi connectivity index (χ2v) is 6.55. The molecule has 0 saturated carbocycles. The lowest BCUT2D eigenvalue weighted by molar-refractivity contribution is 0.227. The highest BCUT2D eigenvalue weighted by Gasteiger charge is 2.20. The second-order valence-electron chi connectivity index (χ2n) is 6.55. The first-order valence-corrected chi connectivity index (χ1v) is 8.67. The Balaban J connectivity index is 2.36. The van der Waals surface area contributed by atoms with Gasteiger partial charge < -0.3 is 10.2 Å². The van der Waals surface area contributed by atoms with Crippen LogP contribution in [0.2, 0.25) is 0 Å². The first-order chi connectivity index (χ1) is 9.17. The van der Waals surface area contributed by atoms with Crippen LogP contribution in [0.3, 0.4) is 0 Å². The van der Waals surface area contributed by atoms with Crippen LogP contribution in [0, 0.1) is 0 Å². The fourth-order valence-corrected chi connectivity index (χ4v) is 3.24. The number of nitrogens with zero attached hydrogens (tertiary/aromatic N) is 1. The molecular formula is C17H36N2. The second kappa shape index (κ2) is 9.77. The van der Waals surface area contributed by atoms with Crippen LogP contribution in [0.15, 0.2) is 0 Å². The number of hydrogen-bond donors (Lipinski definition) is 1. The number of nitrogens with one attached hydrogen (secondary N) is 1. The van der Waals surface area contributed by atoms with Gasteiger partial charge in [-0.1, -0.05) is 33.1 Å². The van der Waals surface area contributed by atoms with Gasteiger partial charge >= 0.3 is 0 Å². The summed E-state index contributed by atoms with van der Waals surface area (Å²) in [6, 6.07) is 2.24. The van der Waals surface area contributed by atoms with Gasteiger partial charge in [-0.2, -0.15) is 0 Å². The highest BCUT2D eigenvalue weighted by atomic mass is 15.1. The summed E-state index contributed by atoms with van der Waals surface area (Å²) in [5.74, 6) is 0. The summed E-state index contributed by atoms with van der Waals surface area (Å²) in [6.07, 6.45) is 10.8. The molecule has 0 aromatic carbocycles. The van der Waals surface area contributed by atoms with E-state index in [0.717, 1.165) is 12.1 Å². The average Bonchev–Trinajstić information content (AvgIpc) is 2.62. The molecule has 0 aromatic heterocycles. The van der Waals surface area contributed by atoms with Crippen molar-refractivity contribution in [1.82, 2.24) is 10.2 Å². The van der Waals surface area contributed by atoms with Crippen LogP contribution in [0.25, 0.3) is 0 Å². The van der Waals surface area contributed by atoms with Crippen LogP contribution in [-0.2, 0) is 0 Å². The summed E-state index contributed by atoms with van der Waals surface area (Å²) in [7, 11) is 0. The van der Waals surface area contributed by atoms with Crippen LogP contribution >= 0.6 is 0 Å². The zero-order valence-electron chi connectivity index (χ0n) is 13.8. The monoisotopic (exact) mass is 268 g/mol. The third-order valence-electron chi connectivity index (χ3n) is 4.51. The largest absolute Gasteiger partial charge is 0.311 e. The number of rotatable bonds is 8. The molecule has 1 aliphatic rings. The summed E-state index contributed by atoms with van der Waals surface area (Å²) >= 11 is 0. The topological polar surface area (TPSA) is 15.3 Å². The van der Waals surface area contributed by atoms with E-state index in [0.29, 0.717) is 6.04 Å². The van der Waals surface area contributed by atoms with Crippen LogP contribution < -0.4 is 5.32 Å². The molecule has 2 unspecified atom stereocenters. The van der Waals surface area contributed by atoms with E-state index in [-0.39, 0.29) is 0 Å². The number of unbranched alkanes of at least 4 members (excludes halogenated alkanes) is 1. The standard InChI is InChI=1S/C17H36N2/c1-5-7-10-16(9-6-2)18-17-11-8-13-19(14-12-17)15(3)4/h15-18H,5-14H2,1-4H3. The van der Waals surface area contributed by atoms with Gasteiger partial charge in [-0.05, 0) is 59.0 Å². The van der Waals surface area contributed by atoms with Crippen molar-refractivity contribution in [3.63, 3.8) is 0 Å². The molecule has 2 heteroatoms. The van der Waals surface area contributed by atoms with Gasteiger partial charge in [-0.15, -0.1) is 0 Å². The van der Waals surface area contributed by atoms with Crippen molar-refractivity contribution < 1.29 is 0 Å². The van der Waals surface area contributed by atoms with Gasteiger partial charge in [0.05, 0.1) is 0 Å². The van der Waals surface area contributed by atoms with E-state index in [9.17, 15) is 0 Å². The normalized spacial score (nSPS) is 23.5. The van der Waals surface area contributed by atoms with Gasteiger partial charge in [-0.3, -0.25) is 0 Å². The van der Waals surface area contributed by atoms with E-state index in [1.807, 2.05) is 0 Å². The lowest BCUT2D eigenvalue weighted by Crippen LogP contribution is -2.39. The molecule has 1 rings (SSSR count). The molecule has 114 valence electrons. The molecule has 2 nitrogen and oxygen atoms in total. The zero-order valence-corrected chi connectivity index (χ0v) is 13.8. The van der Waals surface area contributed by atoms with Crippen molar-refractivity contribution in [3.05, 3.63) is 0 Å². The summed E-state index contributed by atoms with van der Waals surface area (Å²) in [5, 5.41) is 3.96. The molecule has 2 atom stereocenters. The molecular weight excluding hydrogens is 232 g/mol. The lowest BCUT2D eigenvalue weighted by atomic mass is 10.0. The molecule has 1 aliphatic heterocycles. The Labute approximate surface area is 121 Å². The summed E-state index contributed by atoms with van der Waals surface area (Å²) in [5.41, 5.74) is 0. The Kier molecular flexibility index (Phi) is 8.72. The molecule has 1 fully saturated rings. The Bertz CT molecular complexity index is 215.